The second-order valence-electron chi connectivity index (χ2n) is 6.93. The lowest BCUT2D eigenvalue weighted by atomic mass is 10.1. The highest BCUT2D eigenvalue weighted by atomic mass is 32.2. The van der Waals surface area contributed by atoms with E-state index in [1.165, 1.54) is 43.1 Å². The van der Waals surface area contributed by atoms with Crippen LogP contribution >= 0.6 is 11.8 Å². The zero-order chi connectivity index (χ0) is 22.7. The Balaban J connectivity index is 1.73. The van der Waals surface area contributed by atoms with Gasteiger partial charge in [0.15, 0.2) is 0 Å². The Bertz CT molecular complexity index is 1210. The first-order valence-corrected chi connectivity index (χ1v) is 10.7. The van der Waals surface area contributed by atoms with Gasteiger partial charge in [-0.3, -0.25) is 19.7 Å². The highest BCUT2D eigenvalue weighted by Gasteiger charge is 2.40. The highest BCUT2D eigenvalue weighted by molar-refractivity contribution is 8.03. The van der Waals surface area contributed by atoms with Gasteiger partial charge in [-0.25, -0.2) is 4.90 Å². The smallest absolute Gasteiger partial charge is 0.272 e. The Labute approximate surface area is 188 Å². The average molecular weight is 446 g/mol. The molecule has 0 aromatic heterocycles. The van der Waals surface area contributed by atoms with E-state index < -0.39 is 16.7 Å². The maximum atomic E-state index is 13.4. The van der Waals surface area contributed by atoms with Gasteiger partial charge < -0.3 is 4.74 Å². The van der Waals surface area contributed by atoms with E-state index >= 15 is 0 Å². The molecule has 0 saturated heterocycles. The Morgan fingerprint density at radius 3 is 2.16 bits per heavy atom. The highest BCUT2D eigenvalue weighted by Crippen LogP contribution is 2.40. The molecule has 7 nitrogen and oxygen atoms in total. The number of carbonyl (C=O) groups excluding carboxylic acids is 2. The number of hydrogen-bond acceptors (Lipinski definition) is 6. The summed E-state index contributed by atoms with van der Waals surface area (Å²) in [6, 6.07) is 21.9. The van der Waals surface area contributed by atoms with Crippen LogP contribution in [0, 0.1) is 10.1 Å². The number of benzene rings is 3. The maximum absolute atomic E-state index is 13.4. The summed E-state index contributed by atoms with van der Waals surface area (Å²) in [5, 5.41) is 11.0. The Morgan fingerprint density at radius 1 is 0.906 bits per heavy atom. The lowest BCUT2D eigenvalue weighted by Gasteiger charge is -2.15. The molecule has 0 saturated carbocycles. The summed E-state index contributed by atoms with van der Waals surface area (Å²) in [7, 11) is 1.54. The van der Waals surface area contributed by atoms with Crippen LogP contribution in [-0.2, 0) is 15.3 Å². The summed E-state index contributed by atoms with van der Waals surface area (Å²) in [5.74, 6) is 0.219. The Kier molecular flexibility index (Phi) is 6.04. The van der Waals surface area contributed by atoms with Crippen LogP contribution in [0.25, 0.3) is 5.57 Å². The van der Waals surface area contributed by atoms with Crippen LogP contribution in [0.4, 0.5) is 11.4 Å². The van der Waals surface area contributed by atoms with Crippen molar-refractivity contribution in [1.82, 2.24) is 0 Å². The van der Waals surface area contributed by atoms with Crippen molar-refractivity contribution >= 4 is 40.5 Å². The number of imide groups is 1. The first-order valence-electron chi connectivity index (χ1n) is 9.68. The molecule has 8 heteroatoms. The minimum atomic E-state index is -0.505. The topological polar surface area (TPSA) is 89.8 Å². The minimum Gasteiger partial charge on any atom is -0.497 e. The number of amides is 2. The molecular formula is C24H18N2O5S. The number of thioether (sulfide) groups is 1. The van der Waals surface area contributed by atoms with Gasteiger partial charge in [-0.15, -0.1) is 11.8 Å². The fraction of sp³-hybridized carbons (Fsp3) is 0.0833. The molecule has 32 heavy (non-hydrogen) atoms. The predicted molar refractivity (Wildman–Crippen MR) is 123 cm³/mol. The van der Waals surface area contributed by atoms with Gasteiger partial charge in [0.05, 0.1) is 28.2 Å². The van der Waals surface area contributed by atoms with Gasteiger partial charge >= 0.3 is 0 Å². The van der Waals surface area contributed by atoms with Crippen molar-refractivity contribution in [3.63, 3.8) is 0 Å². The fourth-order valence-corrected chi connectivity index (χ4v) is 4.41. The van der Waals surface area contributed by atoms with Crippen molar-refractivity contribution < 1.29 is 19.2 Å². The molecule has 0 fully saturated rings. The van der Waals surface area contributed by atoms with Crippen molar-refractivity contribution in [1.29, 1.82) is 0 Å². The molecule has 1 aliphatic heterocycles. The van der Waals surface area contributed by atoms with Crippen molar-refractivity contribution in [3.05, 3.63) is 105 Å². The SMILES string of the molecule is COc1ccc(N2C(=O)C(SCc3ccccc3)=C(c3ccc([N+](=O)[O-])cc3)C2=O)cc1. The quantitative estimate of drug-likeness (QED) is 0.294. The largest absolute Gasteiger partial charge is 0.497 e. The van der Waals surface area contributed by atoms with Crippen molar-refractivity contribution in [2.45, 2.75) is 5.75 Å². The van der Waals surface area contributed by atoms with Crippen LogP contribution in [0.5, 0.6) is 5.75 Å². The van der Waals surface area contributed by atoms with Crippen LogP contribution in [-0.4, -0.2) is 23.8 Å². The molecular weight excluding hydrogens is 428 g/mol. The summed E-state index contributed by atoms with van der Waals surface area (Å²) < 4.78 is 5.16. The molecule has 0 spiro atoms. The molecule has 3 aromatic rings. The number of carbonyl (C=O) groups is 2. The Morgan fingerprint density at radius 2 is 1.56 bits per heavy atom. The molecule has 0 radical (unpaired) electrons. The normalized spacial score (nSPS) is 13.6. The molecule has 1 aliphatic rings. The third kappa shape index (κ3) is 4.13. The van der Waals surface area contributed by atoms with Gasteiger partial charge in [0.2, 0.25) is 0 Å². The van der Waals surface area contributed by atoms with Gasteiger partial charge in [0, 0.05) is 17.9 Å². The van der Waals surface area contributed by atoms with E-state index in [-0.39, 0.29) is 11.3 Å². The van der Waals surface area contributed by atoms with Crippen LogP contribution in [0.2, 0.25) is 0 Å². The molecule has 0 aliphatic carbocycles. The summed E-state index contributed by atoms with van der Waals surface area (Å²) >= 11 is 1.28. The summed E-state index contributed by atoms with van der Waals surface area (Å²) in [5.41, 5.74) is 2.05. The van der Waals surface area contributed by atoms with Crippen LogP contribution < -0.4 is 9.64 Å². The van der Waals surface area contributed by atoms with Crippen LogP contribution in [0.15, 0.2) is 83.8 Å². The van der Waals surface area contributed by atoms with Gasteiger partial charge in [-0.05, 0) is 47.5 Å². The minimum absolute atomic E-state index is 0.0865. The van der Waals surface area contributed by atoms with Gasteiger partial charge in [0.1, 0.15) is 5.75 Å². The van der Waals surface area contributed by atoms with Gasteiger partial charge in [-0.2, -0.15) is 0 Å². The van der Waals surface area contributed by atoms with E-state index in [4.69, 9.17) is 4.74 Å². The van der Waals surface area contributed by atoms with E-state index in [0.717, 1.165) is 10.5 Å². The van der Waals surface area contributed by atoms with Gasteiger partial charge in [-0.1, -0.05) is 30.3 Å². The predicted octanol–water partition coefficient (Wildman–Crippen LogP) is 4.82. The molecule has 0 N–H and O–H groups in total. The lowest BCUT2D eigenvalue weighted by molar-refractivity contribution is -0.384. The zero-order valence-electron chi connectivity index (χ0n) is 17.1. The first-order chi connectivity index (χ1) is 15.5. The van der Waals surface area contributed by atoms with Crippen molar-refractivity contribution in [2.75, 3.05) is 12.0 Å². The van der Waals surface area contributed by atoms with E-state index in [1.54, 1.807) is 24.3 Å². The third-order valence-corrected chi connectivity index (χ3v) is 6.11. The molecule has 0 unspecified atom stereocenters. The lowest BCUT2D eigenvalue weighted by Crippen LogP contribution is -2.31. The number of nitrogens with zero attached hydrogens (tertiary/aromatic N) is 2. The number of non-ortho nitro benzene ring substituents is 1. The standard InChI is InChI=1S/C24H18N2O5S/c1-31-20-13-11-18(12-14-20)25-23(27)21(17-7-9-19(10-8-17)26(29)30)22(24(25)28)32-15-16-5-3-2-4-6-16/h2-14H,15H2,1H3. The van der Waals surface area contributed by atoms with Crippen molar-refractivity contribution in [2.24, 2.45) is 0 Å². The third-order valence-electron chi connectivity index (χ3n) is 4.96. The second-order valence-corrected chi connectivity index (χ2v) is 7.91. The summed E-state index contributed by atoms with van der Waals surface area (Å²) in [4.78, 5) is 38.7. The van der Waals surface area contributed by atoms with E-state index in [9.17, 15) is 19.7 Å². The second kappa shape index (κ2) is 9.07. The number of nitro benzene ring substituents is 1. The monoisotopic (exact) mass is 446 g/mol. The van der Waals surface area contributed by atoms with Gasteiger partial charge in [0.25, 0.3) is 17.5 Å². The maximum Gasteiger partial charge on any atom is 0.272 e. The summed E-state index contributed by atoms with van der Waals surface area (Å²) in [6.45, 7) is 0. The molecule has 0 bridgehead atoms. The Hall–Kier alpha value is -3.91. The summed E-state index contributed by atoms with van der Waals surface area (Å²) in [6.07, 6.45) is 0. The van der Waals surface area contributed by atoms with Crippen molar-refractivity contribution in [3.8, 4) is 5.75 Å². The number of rotatable bonds is 7. The molecule has 3 aromatic carbocycles. The molecule has 160 valence electrons. The number of nitro groups is 1. The van der Waals surface area contributed by atoms with Crippen LogP contribution in [0.3, 0.4) is 0 Å². The first kappa shape index (κ1) is 21.3. The average Bonchev–Trinajstić information content (AvgIpc) is 3.07. The molecule has 0 atom stereocenters. The number of hydrogen-bond donors (Lipinski definition) is 0. The molecule has 2 amide bonds. The van der Waals surface area contributed by atoms with E-state index in [0.29, 0.717) is 27.7 Å². The number of methoxy groups -OCH3 is 1. The molecule has 1 heterocycles. The number of anilines is 1. The number of ether oxygens (including phenoxy) is 1. The fourth-order valence-electron chi connectivity index (χ4n) is 3.34. The molecule has 4 rings (SSSR count). The van der Waals surface area contributed by atoms with E-state index in [1.807, 2.05) is 30.3 Å². The van der Waals surface area contributed by atoms with Crippen LogP contribution in [0.1, 0.15) is 11.1 Å². The van der Waals surface area contributed by atoms with E-state index in [2.05, 4.69) is 0 Å². The zero-order valence-corrected chi connectivity index (χ0v) is 17.9.